The Kier molecular flexibility index (Phi) is 3.05. The van der Waals surface area contributed by atoms with Gasteiger partial charge in [-0.15, -0.1) is 0 Å². The van der Waals surface area contributed by atoms with Crippen molar-refractivity contribution in [3.63, 3.8) is 0 Å². The van der Waals surface area contributed by atoms with E-state index in [0.717, 1.165) is 5.92 Å². The predicted octanol–water partition coefficient (Wildman–Crippen LogP) is 3.47. The maximum Gasteiger partial charge on any atom is 0.172 e. The molecular weight excluding hydrogens is 194 g/mol. The van der Waals surface area contributed by atoms with Gasteiger partial charge in [-0.1, -0.05) is 33.6 Å². The molecule has 0 saturated heterocycles. The van der Waals surface area contributed by atoms with Crippen molar-refractivity contribution in [3.8, 4) is 0 Å². The SMILES string of the molecule is C[n+]1cc(C2CCCC2)cc(C(C)(C)C)c1. The molecule has 1 aliphatic rings. The van der Waals surface area contributed by atoms with Gasteiger partial charge < -0.3 is 0 Å². The van der Waals surface area contributed by atoms with E-state index < -0.39 is 0 Å². The van der Waals surface area contributed by atoms with Crippen molar-refractivity contribution in [2.45, 2.75) is 57.8 Å². The number of hydrogen-bond acceptors (Lipinski definition) is 0. The molecule has 1 aromatic heterocycles. The van der Waals surface area contributed by atoms with E-state index in [9.17, 15) is 0 Å². The largest absolute Gasteiger partial charge is 0.207 e. The summed E-state index contributed by atoms with van der Waals surface area (Å²) in [6.45, 7) is 6.88. The zero-order valence-corrected chi connectivity index (χ0v) is 11.1. The van der Waals surface area contributed by atoms with Gasteiger partial charge in [-0.2, -0.15) is 0 Å². The molecule has 88 valence electrons. The molecule has 0 unspecified atom stereocenters. The summed E-state index contributed by atoms with van der Waals surface area (Å²) in [7, 11) is 2.15. The molecule has 0 aromatic carbocycles. The molecule has 1 aliphatic carbocycles. The molecule has 0 atom stereocenters. The van der Waals surface area contributed by atoms with Gasteiger partial charge in [0.1, 0.15) is 7.05 Å². The number of hydrogen-bond donors (Lipinski definition) is 0. The summed E-state index contributed by atoms with van der Waals surface area (Å²) in [5.41, 5.74) is 3.26. The average Bonchev–Trinajstić information content (AvgIpc) is 2.68. The summed E-state index contributed by atoms with van der Waals surface area (Å²) in [5.74, 6) is 0.813. The monoisotopic (exact) mass is 218 g/mol. The third-order valence-electron chi connectivity index (χ3n) is 3.71. The first-order chi connectivity index (χ1) is 7.47. The molecule has 1 heterocycles. The maximum absolute atomic E-state index is 2.43. The van der Waals surface area contributed by atoms with E-state index in [4.69, 9.17) is 0 Å². The molecule has 2 rings (SSSR count). The Labute approximate surface area is 99.5 Å². The minimum atomic E-state index is 0.256. The molecule has 0 N–H and O–H groups in total. The Morgan fingerprint density at radius 2 is 1.75 bits per heavy atom. The van der Waals surface area contributed by atoms with Crippen molar-refractivity contribution in [2.24, 2.45) is 7.05 Å². The van der Waals surface area contributed by atoms with E-state index >= 15 is 0 Å². The lowest BCUT2D eigenvalue weighted by molar-refractivity contribution is -0.672. The number of pyridine rings is 1. The zero-order chi connectivity index (χ0) is 11.8. The van der Waals surface area contributed by atoms with Gasteiger partial charge in [0.05, 0.1) is 0 Å². The van der Waals surface area contributed by atoms with Gasteiger partial charge in [0.25, 0.3) is 0 Å². The second-order valence-corrected chi connectivity index (χ2v) is 6.25. The van der Waals surface area contributed by atoms with Crippen LogP contribution in [0.2, 0.25) is 0 Å². The highest BCUT2D eigenvalue weighted by Crippen LogP contribution is 2.34. The van der Waals surface area contributed by atoms with Crippen molar-refractivity contribution >= 4 is 0 Å². The van der Waals surface area contributed by atoms with Crippen LogP contribution in [0.3, 0.4) is 0 Å². The lowest BCUT2D eigenvalue weighted by Crippen LogP contribution is -2.31. The maximum atomic E-state index is 2.43. The van der Waals surface area contributed by atoms with Crippen LogP contribution in [-0.4, -0.2) is 0 Å². The molecule has 0 aliphatic heterocycles. The van der Waals surface area contributed by atoms with E-state index in [1.54, 1.807) is 5.56 Å². The Morgan fingerprint density at radius 3 is 2.31 bits per heavy atom. The van der Waals surface area contributed by atoms with Gasteiger partial charge in [0.2, 0.25) is 0 Å². The van der Waals surface area contributed by atoms with Crippen LogP contribution >= 0.6 is 0 Å². The van der Waals surface area contributed by atoms with Gasteiger partial charge in [0.15, 0.2) is 12.4 Å². The van der Waals surface area contributed by atoms with E-state index in [-0.39, 0.29) is 5.41 Å². The number of rotatable bonds is 1. The van der Waals surface area contributed by atoms with Crippen LogP contribution in [0.5, 0.6) is 0 Å². The number of nitrogens with zero attached hydrogens (tertiary/aromatic N) is 1. The van der Waals surface area contributed by atoms with Gasteiger partial charge in [-0.05, 0) is 30.2 Å². The van der Waals surface area contributed by atoms with Crippen LogP contribution in [-0.2, 0) is 12.5 Å². The molecule has 1 nitrogen and oxygen atoms in total. The molecule has 0 spiro atoms. The minimum Gasteiger partial charge on any atom is -0.207 e. The van der Waals surface area contributed by atoms with Crippen LogP contribution < -0.4 is 4.57 Å². The molecule has 0 bridgehead atoms. The van der Waals surface area contributed by atoms with E-state index in [2.05, 4.69) is 50.8 Å². The van der Waals surface area contributed by atoms with Gasteiger partial charge in [0, 0.05) is 11.1 Å². The third kappa shape index (κ3) is 2.45. The Bertz CT molecular complexity index is 368. The van der Waals surface area contributed by atoms with E-state index in [1.165, 1.54) is 31.2 Å². The van der Waals surface area contributed by atoms with Crippen molar-refractivity contribution in [1.82, 2.24) is 0 Å². The first kappa shape index (κ1) is 11.6. The summed E-state index contributed by atoms with van der Waals surface area (Å²) in [6.07, 6.45) is 10.2. The van der Waals surface area contributed by atoms with Crippen molar-refractivity contribution in [1.29, 1.82) is 0 Å². The molecule has 16 heavy (non-hydrogen) atoms. The molecular formula is C15H24N+. The van der Waals surface area contributed by atoms with Crippen LogP contribution in [0.25, 0.3) is 0 Å². The van der Waals surface area contributed by atoms with E-state index in [1.807, 2.05) is 0 Å². The smallest absolute Gasteiger partial charge is 0.172 e. The summed E-state index contributed by atoms with van der Waals surface area (Å²) < 4.78 is 2.23. The number of aromatic nitrogens is 1. The Balaban J connectivity index is 2.35. The summed E-state index contributed by atoms with van der Waals surface area (Å²) in [5, 5.41) is 0. The summed E-state index contributed by atoms with van der Waals surface area (Å²) in [4.78, 5) is 0. The molecule has 1 fully saturated rings. The first-order valence-electron chi connectivity index (χ1n) is 6.47. The van der Waals surface area contributed by atoms with Gasteiger partial charge in [-0.25, -0.2) is 4.57 Å². The molecule has 1 saturated carbocycles. The lowest BCUT2D eigenvalue weighted by atomic mass is 9.86. The van der Waals surface area contributed by atoms with Gasteiger partial charge in [-0.3, -0.25) is 0 Å². The van der Waals surface area contributed by atoms with E-state index in [0.29, 0.717) is 0 Å². The third-order valence-corrected chi connectivity index (χ3v) is 3.71. The molecule has 1 aromatic rings. The molecule has 0 radical (unpaired) electrons. The topological polar surface area (TPSA) is 3.88 Å². The lowest BCUT2D eigenvalue weighted by Gasteiger charge is -2.19. The second-order valence-electron chi connectivity index (χ2n) is 6.25. The minimum absolute atomic E-state index is 0.256. The summed E-state index contributed by atoms with van der Waals surface area (Å²) in [6, 6.07) is 2.43. The highest BCUT2D eigenvalue weighted by molar-refractivity contribution is 5.25. The second kappa shape index (κ2) is 4.20. The fraction of sp³-hybridized carbons (Fsp3) is 0.667. The molecule has 1 heteroatoms. The van der Waals surface area contributed by atoms with Crippen molar-refractivity contribution < 1.29 is 4.57 Å². The average molecular weight is 218 g/mol. The molecule has 0 amide bonds. The normalized spacial score (nSPS) is 18.0. The zero-order valence-electron chi connectivity index (χ0n) is 11.1. The Morgan fingerprint density at radius 1 is 1.12 bits per heavy atom. The number of aryl methyl sites for hydroxylation is 1. The van der Waals surface area contributed by atoms with Crippen molar-refractivity contribution in [2.75, 3.05) is 0 Å². The fourth-order valence-electron chi connectivity index (χ4n) is 2.64. The first-order valence-corrected chi connectivity index (χ1v) is 6.47. The summed E-state index contributed by atoms with van der Waals surface area (Å²) >= 11 is 0. The van der Waals surface area contributed by atoms with Crippen LogP contribution in [0.4, 0.5) is 0 Å². The Hall–Kier alpha value is -0.850. The van der Waals surface area contributed by atoms with Crippen LogP contribution in [0.15, 0.2) is 18.5 Å². The predicted molar refractivity (Wildman–Crippen MR) is 67.5 cm³/mol. The highest BCUT2D eigenvalue weighted by atomic mass is 14.9. The standard InChI is InChI=1S/C15H24N/c1-15(2,3)14-9-13(10-16(4)11-14)12-7-5-6-8-12/h9-12H,5-8H2,1-4H3/q+1. The van der Waals surface area contributed by atoms with Crippen LogP contribution in [0.1, 0.15) is 63.5 Å². The van der Waals surface area contributed by atoms with Crippen LogP contribution in [0, 0.1) is 0 Å². The fourth-order valence-corrected chi connectivity index (χ4v) is 2.64. The van der Waals surface area contributed by atoms with Crippen molar-refractivity contribution in [3.05, 3.63) is 29.6 Å². The van der Waals surface area contributed by atoms with Gasteiger partial charge >= 0.3 is 0 Å². The quantitative estimate of drug-likeness (QED) is 0.636. The highest BCUT2D eigenvalue weighted by Gasteiger charge is 2.23.